The maximum Gasteiger partial charge on any atom is 0.0699 e. The van der Waals surface area contributed by atoms with Crippen molar-refractivity contribution in [3.05, 3.63) is 144 Å². The Bertz CT molecular complexity index is 1180. The lowest BCUT2D eigenvalue weighted by atomic mass is 9.88. The van der Waals surface area contributed by atoms with Gasteiger partial charge in [-0.25, -0.2) is 0 Å². The fourth-order valence-electron chi connectivity index (χ4n) is 6.37. The first-order valence-electron chi connectivity index (χ1n) is 15.6. The Morgan fingerprint density at radius 3 is 1.07 bits per heavy atom. The van der Waals surface area contributed by atoms with E-state index in [1.807, 2.05) is 24.3 Å². The molecule has 0 saturated carbocycles. The predicted octanol–water partition coefficient (Wildman–Crippen LogP) is 6.86. The van der Waals surface area contributed by atoms with Crippen molar-refractivity contribution in [2.75, 3.05) is 26.2 Å². The zero-order chi connectivity index (χ0) is 29.0. The predicted molar refractivity (Wildman–Crippen MR) is 179 cm³/mol. The molecule has 2 aliphatic heterocycles. The highest BCUT2D eigenvalue weighted by Crippen LogP contribution is 2.24. The normalized spacial score (nSPS) is 22.6. The van der Waals surface area contributed by atoms with Gasteiger partial charge in [0, 0.05) is 26.2 Å². The molecule has 6 rings (SSSR count). The van der Waals surface area contributed by atoms with Crippen molar-refractivity contribution < 1.29 is 10.2 Å². The second-order valence-electron chi connectivity index (χ2n) is 12.1. The molecule has 2 N–H and O–H groups in total. The monoisotopic (exact) mass is 578 g/mol. The number of hydrogen-bond donors (Lipinski definition) is 2. The van der Waals surface area contributed by atoms with E-state index in [0.717, 1.165) is 65.0 Å². The molecule has 0 radical (unpaired) electrons. The summed E-state index contributed by atoms with van der Waals surface area (Å²) in [4.78, 5) is 4.73. The molecule has 4 aromatic carbocycles. The first-order valence-corrected chi connectivity index (χ1v) is 15.6. The van der Waals surface area contributed by atoms with Gasteiger partial charge >= 0.3 is 0 Å². The minimum atomic E-state index is -0.220. The van der Waals surface area contributed by atoms with Gasteiger partial charge in [0.05, 0.1) is 12.2 Å². The average molecular weight is 579 g/mol. The fraction of sp³-hybridized carbons (Fsp3) is 0.385. The third-order valence-electron chi connectivity index (χ3n) is 8.79. The van der Waals surface area contributed by atoms with Crippen molar-refractivity contribution in [3.63, 3.8) is 0 Å². The molecule has 2 fully saturated rings. The Morgan fingerprint density at radius 1 is 0.465 bits per heavy atom. The molecule has 0 amide bonds. The van der Waals surface area contributed by atoms with Crippen LogP contribution in [0.4, 0.5) is 0 Å². The Hall–Kier alpha value is -3.28. The number of piperidine rings is 2. The Morgan fingerprint density at radius 2 is 0.767 bits per heavy atom. The number of aliphatic hydroxyl groups excluding tert-OH is 2. The van der Waals surface area contributed by atoms with Crippen LogP contribution in [0.5, 0.6) is 0 Å². The van der Waals surface area contributed by atoms with Crippen molar-refractivity contribution in [3.8, 4) is 0 Å². The Kier molecular flexibility index (Phi) is 13.0. The molecule has 4 atom stereocenters. The lowest BCUT2D eigenvalue weighted by Gasteiger charge is -2.36. The van der Waals surface area contributed by atoms with Crippen LogP contribution in [-0.4, -0.2) is 58.4 Å². The third kappa shape index (κ3) is 10.4. The van der Waals surface area contributed by atoms with E-state index in [-0.39, 0.29) is 19.6 Å². The summed E-state index contributed by atoms with van der Waals surface area (Å²) in [5.74, 6) is 0.777. The van der Waals surface area contributed by atoms with Gasteiger partial charge in [0.1, 0.15) is 0 Å². The summed E-state index contributed by atoms with van der Waals surface area (Å²) in [7, 11) is 0. The van der Waals surface area contributed by atoms with Crippen LogP contribution in [0.3, 0.4) is 0 Å². The van der Waals surface area contributed by atoms with Crippen LogP contribution < -0.4 is 0 Å². The molecule has 4 nitrogen and oxygen atoms in total. The highest BCUT2D eigenvalue weighted by Gasteiger charge is 2.28. The summed E-state index contributed by atoms with van der Waals surface area (Å²) in [5, 5.41) is 20.9. The fourth-order valence-corrected chi connectivity index (χ4v) is 6.37. The average Bonchev–Trinajstić information content (AvgIpc) is 3.02. The molecular formula is C39H50N2O2. The van der Waals surface area contributed by atoms with E-state index < -0.39 is 0 Å². The standard InChI is InChI=1S/2C19H23NO.CH4/c2*21-19-15-20(14-17-9-5-2-6-10-17)12-11-18(19)13-16-7-3-1-4-8-16;/h2*1-10,18-19,21H,11-15H2;1H4/t2*18-,19-;/m10./s1. The second kappa shape index (κ2) is 17.1. The summed E-state index contributed by atoms with van der Waals surface area (Å²) in [5.41, 5.74) is 5.31. The van der Waals surface area contributed by atoms with Crippen molar-refractivity contribution in [2.24, 2.45) is 11.8 Å². The number of likely N-dealkylation sites (tertiary alicyclic amines) is 2. The topological polar surface area (TPSA) is 46.9 Å². The van der Waals surface area contributed by atoms with Gasteiger partial charge in [-0.2, -0.15) is 0 Å². The SMILES string of the molecule is C.O[C@@H]1CN(Cc2ccccc2)CC[C@@H]1Cc1ccccc1.O[C@H]1CN(Cc2ccccc2)CC[C@H]1Cc1ccccc1. The molecular weight excluding hydrogens is 528 g/mol. The molecule has 0 spiro atoms. The maximum absolute atomic E-state index is 10.4. The minimum Gasteiger partial charge on any atom is -0.391 e. The number of rotatable bonds is 8. The van der Waals surface area contributed by atoms with Gasteiger partial charge < -0.3 is 10.2 Å². The molecule has 2 saturated heterocycles. The molecule has 2 aliphatic rings. The van der Waals surface area contributed by atoms with Crippen molar-refractivity contribution in [2.45, 2.75) is 58.4 Å². The highest BCUT2D eigenvalue weighted by molar-refractivity contribution is 5.18. The van der Waals surface area contributed by atoms with E-state index in [4.69, 9.17) is 0 Å². The van der Waals surface area contributed by atoms with Gasteiger partial charge in [0.15, 0.2) is 0 Å². The number of aliphatic hydroxyl groups is 2. The highest BCUT2D eigenvalue weighted by atomic mass is 16.3. The van der Waals surface area contributed by atoms with E-state index in [1.54, 1.807) is 0 Å². The summed E-state index contributed by atoms with van der Waals surface area (Å²) in [6.07, 6.45) is 3.68. The zero-order valence-electron chi connectivity index (χ0n) is 24.7. The van der Waals surface area contributed by atoms with Crippen LogP contribution in [0.25, 0.3) is 0 Å². The minimum absolute atomic E-state index is 0. The molecule has 0 aliphatic carbocycles. The largest absolute Gasteiger partial charge is 0.391 e. The van der Waals surface area contributed by atoms with E-state index >= 15 is 0 Å². The Balaban J connectivity index is 0.000000192. The molecule has 43 heavy (non-hydrogen) atoms. The van der Waals surface area contributed by atoms with Gasteiger partial charge in [-0.1, -0.05) is 129 Å². The molecule has 2 heterocycles. The van der Waals surface area contributed by atoms with Gasteiger partial charge in [-0.15, -0.1) is 0 Å². The van der Waals surface area contributed by atoms with Crippen LogP contribution in [-0.2, 0) is 25.9 Å². The lowest BCUT2D eigenvalue weighted by molar-refractivity contribution is 0.0186. The van der Waals surface area contributed by atoms with Gasteiger partial charge in [-0.3, -0.25) is 9.80 Å². The molecule has 0 bridgehead atoms. The zero-order valence-corrected chi connectivity index (χ0v) is 24.7. The number of nitrogens with zero attached hydrogens (tertiary/aromatic N) is 2. The number of β-amino-alcohol motifs (C(OH)–C–C–N with tert-alkyl or cyclic N) is 2. The summed E-state index contributed by atoms with van der Waals surface area (Å²) in [6, 6.07) is 42.0. The quantitative estimate of drug-likeness (QED) is 0.240. The molecule has 228 valence electrons. The second-order valence-corrected chi connectivity index (χ2v) is 12.1. The van der Waals surface area contributed by atoms with Crippen molar-refractivity contribution in [1.29, 1.82) is 0 Å². The molecule has 4 heteroatoms. The van der Waals surface area contributed by atoms with E-state index in [0.29, 0.717) is 11.8 Å². The van der Waals surface area contributed by atoms with Crippen molar-refractivity contribution >= 4 is 0 Å². The summed E-state index contributed by atoms with van der Waals surface area (Å²) >= 11 is 0. The first kappa shape index (κ1) is 32.6. The lowest BCUT2D eigenvalue weighted by Crippen LogP contribution is -2.44. The van der Waals surface area contributed by atoms with E-state index in [1.165, 1.54) is 22.3 Å². The van der Waals surface area contributed by atoms with E-state index in [9.17, 15) is 10.2 Å². The van der Waals surface area contributed by atoms with Gasteiger partial charge in [-0.05, 0) is 72.9 Å². The maximum atomic E-state index is 10.4. The van der Waals surface area contributed by atoms with Gasteiger partial charge in [0.2, 0.25) is 0 Å². The van der Waals surface area contributed by atoms with Gasteiger partial charge in [0.25, 0.3) is 0 Å². The molecule has 0 unspecified atom stereocenters. The first-order chi connectivity index (χ1) is 20.6. The third-order valence-corrected chi connectivity index (χ3v) is 8.79. The number of hydrogen-bond acceptors (Lipinski definition) is 4. The summed E-state index contributed by atoms with van der Waals surface area (Å²) < 4.78 is 0. The van der Waals surface area contributed by atoms with E-state index in [2.05, 4.69) is 107 Å². The number of benzene rings is 4. The summed E-state index contributed by atoms with van der Waals surface area (Å²) in [6.45, 7) is 5.59. The van der Waals surface area contributed by atoms with Crippen molar-refractivity contribution in [1.82, 2.24) is 9.80 Å². The molecule has 4 aromatic rings. The van der Waals surface area contributed by atoms with Crippen LogP contribution in [0, 0.1) is 11.8 Å². The molecule has 0 aromatic heterocycles. The van der Waals surface area contributed by atoms with Crippen LogP contribution in [0.1, 0.15) is 42.5 Å². The van der Waals surface area contributed by atoms with Crippen LogP contribution in [0.2, 0.25) is 0 Å². The Labute approximate surface area is 259 Å². The van der Waals surface area contributed by atoms with Crippen LogP contribution >= 0.6 is 0 Å². The van der Waals surface area contributed by atoms with Crippen LogP contribution in [0.15, 0.2) is 121 Å². The smallest absolute Gasteiger partial charge is 0.0699 e.